The van der Waals surface area contributed by atoms with E-state index in [0.29, 0.717) is 0 Å². The number of nitrogens with zero attached hydrogens (tertiary/aromatic N) is 1. The second-order valence-electron chi connectivity index (χ2n) is 3.35. The summed E-state index contributed by atoms with van der Waals surface area (Å²) >= 11 is 0. The van der Waals surface area contributed by atoms with E-state index in [0.717, 1.165) is 18.4 Å². The van der Waals surface area contributed by atoms with Crippen LogP contribution in [0.4, 0.5) is 0 Å². The number of hydrogen-bond donors (Lipinski definition) is 0. The first kappa shape index (κ1) is 10.0. The predicted octanol–water partition coefficient (Wildman–Crippen LogP) is 1.68. The van der Waals surface area contributed by atoms with Crippen molar-refractivity contribution in [2.45, 2.75) is 27.2 Å². The highest BCUT2D eigenvalue weighted by molar-refractivity contribution is 6.04. The van der Waals surface area contributed by atoms with Crippen molar-refractivity contribution in [1.29, 1.82) is 0 Å². The van der Waals surface area contributed by atoms with Crippen LogP contribution in [0, 0.1) is 11.8 Å². The first-order chi connectivity index (χ1) is 4.57. The summed E-state index contributed by atoms with van der Waals surface area (Å²) in [6.07, 6.45) is 1.22. The van der Waals surface area contributed by atoms with Crippen LogP contribution in [0.1, 0.15) is 27.2 Å². The average molecular weight is 139 g/mol. The summed E-state index contributed by atoms with van der Waals surface area (Å²) in [6.45, 7) is 7.72. The predicted molar refractivity (Wildman–Crippen MR) is 47.0 cm³/mol. The lowest BCUT2D eigenvalue weighted by molar-refractivity contribution is 0.309. The molecule has 2 heteroatoms. The third-order valence-corrected chi connectivity index (χ3v) is 1.99. The Bertz CT molecular complexity index is 81.3. The number of rotatable bonds is 4. The molecule has 0 rings (SSSR count). The lowest BCUT2D eigenvalue weighted by atomic mass is 9.92. The molecular formula is C8H18BN. The molecule has 0 N–H and O–H groups in total. The molecule has 0 fully saturated rings. The van der Waals surface area contributed by atoms with Crippen molar-refractivity contribution in [2.75, 3.05) is 13.6 Å². The van der Waals surface area contributed by atoms with Crippen molar-refractivity contribution in [3.05, 3.63) is 0 Å². The largest absolute Gasteiger partial charge is 0.356 e. The molecule has 0 aliphatic carbocycles. The van der Waals surface area contributed by atoms with Gasteiger partial charge in [0.1, 0.15) is 0 Å². The van der Waals surface area contributed by atoms with Gasteiger partial charge in [0.15, 0.2) is 7.98 Å². The van der Waals surface area contributed by atoms with Gasteiger partial charge < -0.3 is 4.81 Å². The smallest absolute Gasteiger partial charge is 0.182 e. The molecule has 0 bridgehead atoms. The highest BCUT2D eigenvalue weighted by Gasteiger charge is 2.10. The third kappa shape index (κ3) is 3.94. The molecule has 1 atom stereocenters. The second kappa shape index (κ2) is 4.78. The fourth-order valence-corrected chi connectivity index (χ4v) is 1.18. The van der Waals surface area contributed by atoms with Gasteiger partial charge in [0.2, 0.25) is 0 Å². The Balaban J connectivity index is 3.60. The normalized spacial score (nSPS) is 14.6. The quantitative estimate of drug-likeness (QED) is 0.535. The maximum absolute atomic E-state index is 5.54. The molecule has 0 aromatic rings. The van der Waals surface area contributed by atoms with Gasteiger partial charge in [-0.05, 0) is 25.4 Å². The second-order valence-corrected chi connectivity index (χ2v) is 3.35. The van der Waals surface area contributed by atoms with E-state index in [4.69, 9.17) is 7.98 Å². The monoisotopic (exact) mass is 139 g/mol. The highest BCUT2D eigenvalue weighted by atomic mass is 15.0. The van der Waals surface area contributed by atoms with Crippen LogP contribution in [0.15, 0.2) is 0 Å². The van der Waals surface area contributed by atoms with Gasteiger partial charge in [-0.1, -0.05) is 27.2 Å². The summed E-state index contributed by atoms with van der Waals surface area (Å²) in [4.78, 5) is 1.77. The summed E-state index contributed by atoms with van der Waals surface area (Å²) in [7, 11) is 7.46. The molecule has 0 aliphatic heterocycles. The summed E-state index contributed by atoms with van der Waals surface area (Å²) < 4.78 is 0. The molecule has 0 aromatic heterocycles. The third-order valence-electron chi connectivity index (χ3n) is 1.99. The van der Waals surface area contributed by atoms with E-state index in [1.165, 1.54) is 6.42 Å². The van der Waals surface area contributed by atoms with Crippen molar-refractivity contribution in [1.82, 2.24) is 4.81 Å². The standard InChI is InChI=1S/C8H18BN/c1-5-8(7(2)3)6-10(4)9/h7-8H,5-6H2,1-4H3. The molecule has 0 spiro atoms. The minimum Gasteiger partial charge on any atom is -0.356 e. The van der Waals surface area contributed by atoms with E-state index in [1.54, 1.807) is 4.81 Å². The zero-order chi connectivity index (χ0) is 8.15. The molecule has 0 saturated carbocycles. The summed E-state index contributed by atoms with van der Waals surface area (Å²) in [5, 5.41) is 0. The zero-order valence-corrected chi connectivity index (χ0v) is 7.59. The van der Waals surface area contributed by atoms with Gasteiger partial charge in [0, 0.05) is 0 Å². The Morgan fingerprint density at radius 1 is 1.40 bits per heavy atom. The van der Waals surface area contributed by atoms with E-state index < -0.39 is 0 Å². The van der Waals surface area contributed by atoms with Crippen LogP contribution in [0.2, 0.25) is 0 Å². The summed E-state index contributed by atoms with van der Waals surface area (Å²) in [6, 6.07) is 0. The van der Waals surface area contributed by atoms with Gasteiger partial charge in [-0.15, -0.1) is 0 Å². The molecule has 58 valence electrons. The van der Waals surface area contributed by atoms with Crippen LogP contribution in [0.25, 0.3) is 0 Å². The van der Waals surface area contributed by atoms with Crippen LogP contribution in [0.3, 0.4) is 0 Å². The molecule has 1 nitrogen and oxygen atoms in total. The van der Waals surface area contributed by atoms with Gasteiger partial charge in [-0.2, -0.15) is 0 Å². The zero-order valence-electron chi connectivity index (χ0n) is 7.59. The van der Waals surface area contributed by atoms with Crippen molar-refractivity contribution in [2.24, 2.45) is 11.8 Å². The van der Waals surface area contributed by atoms with Crippen molar-refractivity contribution < 1.29 is 0 Å². The van der Waals surface area contributed by atoms with Crippen LogP contribution in [-0.2, 0) is 0 Å². The van der Waals surface area contributed by atoms with Crippen molar-refractivity contribution >= 4 is 7.98 Å². The fraction of sp³-hybridized carbons (Fsp3) is 1.00. The van der Waals surface area contributed by atoms with Crippen LogP contribution < -0.4 is 0 Å². The lowest BCUT2D eigenvalue weighted by Gasteiger charge is -2.23. The van der Waals surface area contributed by atoms with Crippen LogP contribution in [-0.4, -0.2) is 26.4 Å². The molecule has 0 heterocycles. The number of hydrogen-bond acceptors (Lipinski definition) is 1. The molecule has 0 aromatic carbocycles. The first-order valence-electron chi connectivity index (χ1n) is 4.03. The molecule has 10 heavy (non-hydrogen) atoms. The molecule has 0 aliphatic rings. The van der Waals surface area contributed by atoms with Gasteiger partial charge in [-0.25, -0.2) is 0 Å². The van der Waals surface area contributed by atoms with E-state index in [9.17, 15) is 0 Å². The van der Waals surface area contributed by atoms with E-state index in [-0.39, 0.29) is 0 Å². The van der Waals surface area contributed by atoms with Crippen molar-refractivity contribution in [3.63, 3.8) is 0 Å². The molecule has 2 radical (unpaired) electrons. The Labute approximate surface area is 66.2 Å². The van der Waals surface area contributed by atoms with Crippen LogP contribution >= 0.6 is 0 Å². The van der Waals surface area contributed by atoms with Crippen molar-refractivity contribution in [3.8, 4) is 0 Å². The van der Waals surface area contributed by atoms with E-state index in [2.05, 4.69) is 20.8 Å². The topological polar surface area (TPSA) is 3.24 Å². The summed E-state index contributed by atoms with van der Waals surface area (Å²) in [5.41, 5.74) is 0. The Kier molecular flexibility index (Phi) is 4.79. The average Bonchev–Trinajstić information content (AvgIpc) is 1.81. The SMILES string of the molecule is [B]N(C)CC(CC)C(C)C. The minimum absolute atomic E-state index is 0.745. The van der Waals surface area contributed by atoms with Gasteiger partial charge in [0.25, 0.3) is 0 Å². The summed E-state index contributed by atoms with van der Waals surface area (Å²) in [5.74, 6) is 1.49. The Hall–Kier alpha value is 0.0249. The molecule has 0 saturated heterocycles. The molecule has 1 unspecified atom stereocenters. The maximum atomic E-state index is 5.54. The van der Waals surface area contributed by atoms with Gasteiger partial charge >= 0.3 is 0 Å². The molecular weight excluding hydrogens is 121 g/mol. The fourth-order valence-electron chi connectivity index (χ4n) is 1.18. The van der Waals surface area contributed by atoms with Gasteiger partial charge in [-0.3, -0.25) is 0 Å². The van der Waals surface area contributed by atoms with Gasteiger partial charge in [0.05, 0.1) is 0 Å². The lowest BCUT2D eigenvalue weighted by Crippen LogP contribution is -2.25. The van der Waals surface area contributed by atoms with Crippen LogP contribution in [0.5, 0.6) is 0 Å². The van der Waals surface area contributed by atoms with E-state index in [1.807, 2.05) is 7.05 Å². The maximum Gasteiger partial charge on any atom is 0.182 e. The first-order valence-corrected chi connectivity index (χ1v) is 4.03. The Morgan fingerprint density at radius 2 is 1.90 bits per heavy atom. The Morgan fingerprint density at radius 3 is 2.00 bits per heavy atom. The minimum atomic E-state index is 0.745. The van der Waals surface area contributed by atoms with E-state index >= 15 is 0 Å². The molecule has 0 amide bonds. The highest BCUT2D eigenvalue weighted by Crippen LogP contribution is 2.14.